The molecule has 0 aromatic heterocycles. The molecule has 8 heteroatoms. The maximum Gasteiger partial charge on any atom is 0.315 e. The monoisotopic (exact) mass is 471 g/mol. The Bertz CT molecular complexity index is 837. The number of urea groups is 1. The van der Waals surface area contributed by atoms with Gasteiger partial charge in [0.2, 0.25) is 0 Å². The summed E-state index contributed by atoms with van der Waals surface area (Å²) in [6, 6.07) is 7.11. The Morgan fingerprint density at radius 2 is 1.91 bits per heavy atom. The summed E-state index contributed by atoms with van der Waals surface area (Å²) >= 11 is 0. The zero-order valence-corrected chi connectivity index (χ0v) is 20.7. The highest BCUT2D eigenvalue weighted by atomic mass is 16.3. The number of amides is 3. The van der Waals surface area contributed by atoms with Crippen molar-refractivity contribution in [2.45, 2.75) is 96.3 Å². The summed E-state index contributed by atoms with van der Waals surface area (Å²) in [6.07, 6.45) is 9.75. The molecule has 1 saturated heterocycles. The van der Waals surface area contributed by atoms with Gasteiger partial charge in [0, 0.05) is 6.54 Å². The van der Waals surface area contributed by atoms with Crippen molar-refractivity contribution < 1.29 is 14.7 Å². The minimum atomic E-state index is -0.641. The van der Waals surface area contributed by atoms with Crippen molar-refractivity contribution in [3.05, 3.63) is 35.4 Å². The molecule has 188 valence electrons. The van der Waals surface area contributed by atoms with E-state index in [4.69, 9.17) is 10.5 Å². The predicted octanol–water partition coefficient (Wildman–Crippen LogP) is 3.63. The van der Waals surface area contributed by atoms with Crippen molar-refractivity contribution in [1.29, 1.82) is 5.41 Å². The molecule has 2 aliphatic rings. The van der Waals surface area contributed by atoms with Gasteiger partial charge in [-0.05, 0) is 36.8 Å². The molecular weight excluding hydrogens is 430 g/mol. The lowest BCUT2D eigenvalue weighted by atomic mass is 9.77. The van der Waals surface area contributed by atoms with E-state index >= 15 is 0 Å². The van der Waals surface area contributed by atoms with Gasteiger partial charge in [0.1, 0.15) is 5.54 Å². The molecule has 1 aromatic rings. The van der Waals surface area contributed by atoms with Crippen LogP contribution in [0.2, 0.25) is 0 Å². The van der Waals surface area contributed by atoms with E-state index in [0.29, 0.717) is 19.0 Å². The van der Waals surface area contributed by atoms with Crippen LogP contribution in [0.5, 0.6) is 0 Å². The summed E-state index contributed by atoms with van der Waals surface area (Å²) in [5, 5.41) is 26.3. The maximum atomic E-state index is 13.6. The smallest absolute Gasteiger partial charge is 0.315 e. The van der Waals surface area contributed by atoms with Crippen molar-refractivity contribution in [3.8, 4) is 0 Å². The lowest BCUT2D eigenvalue weighted by Crippen LogP contribution is -2.48. The quantitative estimate of drug-likeness (QED) is 0.339. The largest absolute Gasteiger partial charge is 0.394 e. The minimum Gasteiger partial charge on any atom is -0.394 e. The first-order valence-electron chi connectivity index (χ1n) is 12.8. The summed E-state index contributed by atoms with van der Waals surface area (Å²) in [7, 11) is 0. The van der Waals surface area contributed by atoms with Gasteiger partial charge in [0.25, 0.3) is 5.91 Å². The lowest BCUT2D eigenvalue weighted by Gasteiger charge is -2.33. The number of aliphatic hydroxyl groups excluding tert-OH is 1. The highest BCUT2D eigenvalue weighted by molar-refractivity contribution is 6.07. The molecule has 1 saturated carbocycles. The molecule has 34 heavy (non-hydrogen) atoms. The highest BCUT2D eigenvalue weighted by Crippen LogP contribution is 2.36. The maximum absolute atomic E-state index is 13.6. The number of benzene rings is 1. The number of guanidine groups is 1. The summed E-state index contributed by atoms with van der Waals surface area (Å²) < 4.78 is 0. The number of nitrogens with zero attached hydrogens (tertiary/aromatic N) is 1. The molecule has 8 nitrogen and oxygen atoms in total. The molecular formula is C26H41N5O3. The Morgan fingerprint density at radius 1 is 1.24 bits per heavy atom. The second-order valence-corrected chi connectivity index (χ2v) is 9.99. The molecule has 0 bridgehead atoms. The number of hydrogen-bond acceptors (Lipinski definition) is 4. The molecule has 0 radical (unpaired) electrons. The summed E-state index contributed by atoms with van der Waals surface area (Å²) in [6.45, 7) is 4.50. The minimum absolute atomic E-state index is 0.0388. The van der Waals surface area contributed by atoms with Crippen LogP contribution >= 0.6 is 0 Å². The van der Waals surface area contributed by atoms with Gasteiger partial charge < -0.3 is 21.1 Å². The molecule has 3 amide bonds. The predicted molar refractivity (Wildman–Crippen MR) is 133 cm³/mol. The van der Waals surface area contributed by atoms with Gasteiger partial charge >= 0.3 is 6.03 Å². The van der Waals surface area contributed by atoms with E-state index in [9.17, 15) is 9.59 Å². The third-order valence-corrected chi connectivity index (χ3v) is 7.07. The van der Waals surface area contributed by atoms with Crippen LogP contribution in [0.4, 0.5) is 4.79 Å². The van der Waals surface area contributed by atoms with E-state index in [1.165, 1.54) is 32.1 Å². The molecule has 5 N–H and O–H groups in total. The van der Waals surface area contributed by atoms with E-state index in [2.05, 4.69) is 22.9 Å². The van der Waals surface area contributed by atoms with Crippen molar-refractivity contribution in [2.75, 3.05) is 6.61 Å². The van der Waals surface area contributed by atoms with E-state index in [1.54, 1.807) is 11.8 Å². The summed E-state index contributed by atoms with van der Waals surface area (Å²) in [4.78, 5) is 27.0. The topological polar surface area (TPSA) is 118 Å². The Kier molecular flexibility index (Phi) is 9.33. The van der Waals surface area contributed by atoms with Gasteiger partial charge in [-0.2, -0.15) is 0 Å². The number of unbranched alkanes of at least 4 members (excludes halogenated alkanes) is 1. The van der Waals surface area contributed by atoms with E-state index in [0.717, 1.165) is 36.8 Å². The second kappa shape index (κ2) is 12.2. The second-order valence-electron chi connectivity index (χ2n) is 9.99. The van der Waals surface area contributed by atoms with Crippen LogP contribution in [0.3, 0.4) is 0 Å². The standard InChI is InChI=1S/C26H41N5O3/c1-3-4-14-26(15-20-8-6-5-7-9-20)23(33)31(24(27)30-26)17-22-12-10-21(11-13-22)16-28-25(34)29-19(2)18-32/h10-13,19-20,32H,3-9,14-18H2,1-2H3,(H2,27,30)(H2,28,29,34). The fourth-order valence-corrected chi connectivity index (χ4v) is 5.08. The van der Waals surface area contributed by atoms with Crippen LogP contribution in [0.1, 0.15) is 82.8 Å². The number of nitrogens with one attached hydrogen (secondary N) is 4. The van der Waals surface area contributed by atoms with Crippen molar-refractivity contribution in [1.82, 2.24) is 20.9 Å². The number of carbonyl (C=O) groups is 2. The molecule has 2 atom stereocenters. The SMILES string of the molecule is CCCCC1(CC2CCCCC2)NC(=N)N(Cc2ccc(CNC(=O)NC(C)CO)cc2)C1=O. The number of rotatable bonds is 11. The third-order valence-electron chi connectivity index (χ3n) is 7.07. The third kappa shape index (κ3) is 6.72. The van der Waals surface area contributed by atoms with Gasteiger partial charge in [0.05, 0.1) is 19.2 Å². The van der Waals surface area contributed by atoms with E-state index in [1.807, 2.05) is 24.3 Å². The Labute approximate surface area is 203 Å². The number of hydrogen-bond donors (Lipinski definition) is 5. The zero-order chi connectivity index (χ0) is 24.6. The average Bonchev–Trinajstić information content (AvgIpc) is 3.07. The van der Waals surface area contributed by atoms with Crippen LogP contribution in [0.25, 0.3) is 0 Å². The molecule has 2 fully saturated rings. The van der Waals surface area contributed by atoms with Gasteiger partial charge in [-0.15, -0.1) is 0 Å². The molecule has 1 heterocycles. The van der Waals surface area contributed by atoms with Crippen LogP contribution < -0.4 is 16.0 Å². The number of carbonyl (C=O) groups excluding carboxylic acids is 2. The fourth-order valence-electron chi connectivity index (χ4n) is 5.08. The Morgan fingerprint density at radius 3 is 2.56 bits per heavy atom. The molecule has 2 unspecified atom stereocenters. The van der Waals surface area contributed by atoms with Gasteiger partial charge in [-0.1, -0.05) is 76.1 Å². The molecule has 0 spiro atoms. The molecule has 1 aliphatic heterocycles. The molecule has 1 aliphatic carbocycles. The molecule has 3 rings (SSSR count). The van der Waals surface area contributed by atoms with Crippen LogP contribution in [0, 0.1) is 11.3 Å². The fraction of sp³-hybridized carbons (Fsp3) is 0.654. The Hall–Kier alpha value is -2.61. The van der Waals surface area contributed by atoms with Crippen LogP contribution in [-0.2, 0) is 17.9 Å². The highest BCUT2D eigenvalue weighted by Gasteiger charge is 2.49. The first kappa shape index (κ1) is 26.0. The summed E-state index contributed by atoms with van der Waals surface area (Å²) in [5.74, 6) is 0.799. The van der Waals surface area contributed by atoms with Gasteiger partial charge in [0.15, 0.2) is 5.96 Å². The van der Waals surface area contributed by atoms with E-state index < -0.39 is 5.54 Å². The first-order chi connectivity index (χ1) is 16.4. The Balaban J connectivity index is 1.61. The van der Waals surface area contributed by atoms with Crippen molar-refractivity contribution >= 4 is 17.9 Å². The average molecular weight is 472 g/mol. The van der Waals surface area contributed by atoms with Gasteiger partial charge in [-0.25, -0.2) is 4.79 Å². The molecule has 1 aromatic carbocycles. The van der Waals surface area contributed by atoms with Crippen LogP contribution in [-0.4, -0.2) is 46.1 Å². The van der Waals surface area contributed by atoms with Crippen molar-refractivity contribution in [3.63, 3.8) is 0 Å². The lowest BCUT2D eigenvalue weighted by molar-refractivity contribution is -0.132. The summed E-state index contributed by atoms with van der Waals surface area (Å²) in [5.41, 5.74) is 1.25. The van der Waals surface area contributed by atoms with Crippen LogP contribution in [0.15, 0.2) is 24.3 Å². The van der Waals surface area contributed by atoms with Crippen molar-refractivity contribution in [2.24, 2.45) is 5.92 Å². The number of aliphatic hydroxyl groups is 1. The zero-order valence-electron chi connectivity index (χ0n) is 20.7. The first-order valence-corrected chi connectivity index (χ1v) is 12.8. The van der Waals surface area contributed by atoms with E-state index in [-0.39, 0.29) is 30.5 Å². The van der Waals surface area contributed by atoms with Gasteiger partial charge in [-0.3, -0.25) is 15.1 Å². The normalized spacial score (nSPS) is 21.9.